The molecular formula is C9H12ClNO3S. The maximum Gasteiger partial charge on any atom is 0.261 e. The number of thiophene rings is 1. The molecule has 4 nitrogen and oxygen atoms in total. The standard InChI is InChI=1S/C9H12ClNO3S/c10-8-2-1-7(15-8)9(14)11-4-3-6(13)5-12/h1-2,6,12-13H,3-5H2,(H,11,14)/t6-/m0/s1. The zero-order chi connectivity index (χ0) is 11.3. The summed E-state index contributed by atoms with van der Waals surface area (Å²) >= 11 is 6.88. The number of carbonyl (C=O) groups excluding carboxylic acids is 1. The molecule has 84 valence electrons. The normalized spacial score (nSPS) is 12.5. The van der Waals surface area contributed by atoms with Crippen molar-refractivity contribution in [2.24, 2.45) is 0 Å². The molecule has 1 aromatic heterocycles. The maximum atomic E-state index is 11.4. The lowest BCUT2D eigenvalue weighted by atomic mass is 10.2. The van der Waals surface area contributed by atoms with Crippen LogP contribution in [0.3, 0.4) is 0 Å². The summed E-state index contributed by atoms with van der Waals surface area (Å²) in [6.07, 6.45) is -0.446. The lowest BCUT2D eigenvalue weighted by molar-refractivity contribution is 0.0835. The quantitative estimate of drug-likeness (QED) is 0.726. The topological polar surface area (TPSA) is 69.6 Å². The summed E-state index contributed by atoms with van der Waals surface area (Å²) < 4.78 is 0.565. The Bertz CT molecular complexity index is 329. The first-order valence-electron chi connectivity index (χ1n) is 4.46. The first-order chi connectivity index (χ1) is 7.13. The van der Waals surface area contributed by atoms with E-state index in [4.69, 9.17) is 21.8 Å². The first kappa shape index (κ1) is 12.4. The number of nitrogens with one attached hydrogen (secondary N) is 1. The van der Waals surface area contributed by atoms with Gasteiger partial charge in [0.15, 0.2) is 0 Å². The monoisotopic (exact) mass is 249 g/mol. The molecule has 0 spiro atoms. The highest BCUT2D eigenvalue weighted by molar-refractivity contribution is 7.17. The summed E-state index contributed by atoms with van der Waals surface area (Å²) in [5, 5.41) is 20.2. The highest BCUT2D eigenvalue weighted by atomic mass is 35.5. The van der Waals surface area contributed by atoms with Gasteiger partial charge in [-0.25, -0.2) is 0 Å². The van der Waals surface area contributed by atoms with Crippen LogP contribution in [0.2, 0.25) is 4.34 Å². The molecule has 15 heavy (non-hydrogen) atoms. The Kier molecular flexibility index (Phi) is 5.04. The molecule has 0 saturated heterocycles. The van der Waals surface area contributed by atoms with E-state index < -0.39 is 6.10 Å². The van der Waals surface area contributed by atoms with Crippen molar-refractivity contribution in [2.45, 2.75) is 12.5 Å². The number of hydrogen-bond donors (Lipinski definition) is 3. The maximum absolute atomic E-state index is 11.4. The van der Waals surface area contributed by atoms with Gasteiger partial charge in [-0.15, -0.1) is 11.3 Å². The van der Waals surface area contributed by atoms with Crippen LogP contribution < -0.4 is 5.32 Å². The third kappa shape index (κ3) is 4.17. The van der Waals surface area contributed by atoms with Crippen LogP contribution in [0.15, 0.2) is 12.1 Å². The predicted molar refractivity (Wildman–Crippen MR) is 59.4 cm³/mol. The van der Waals surface area contributed by atoms with E-state index in [0.29, 0.717) is 22.2 Å². The van der Waals surface area contributed by atoms with Crippen LogP contribution in [0, 0.1) is 0 Å². The van der Waals surface area contributed by atoms with Crippen molar-refractivity contribution >= 4 is 28.8 Å². The van der Waals surface area contributed by atoms with Crippen LogP contribution in [0.4, 0.5) is 0 Å². The van der Waals surface area contributed by atoms with Crippen molar-refractivity contribution in [2.75, 3.05) is 13.2 Å². The second-order valence-corrected chi connectivity index (χ2v) is 4.70. The van der Waals surface area contributed by atoms with Crippen LogP contribution in [-0.2, 0) is 0 Å². The lowest BCUT2D eigenvalue weighted by Gasteiger charge is -2.07. The summed E-state index contributed by atoms with van der Waals surface area (Å²) in [5.41, 5.74) is 0. The number of rotatable bonds is 5. The Morgan fingerprint density at radius 3 is 2.87 bits per heavy atom. The van der Waals surface area contributed by atoms with E-state index in [-0.39, 0.29) is 12.5 Å². The van der Waals surface area contributed by atoms with Gasteiger partial charge in [-0.3, -0.25) is 4.79 Å². The van der Waals surface area contributed by atoms with Crippen LogP contribution in [-0.4, -0.2) is 35.4 Å². The zero-order valence-electron chi connectivity index (χ0n) is 7.94. The van der Waals surface area contributed by atoms with Crippen LogP contribution in [0.25, 0.3) is 0 Å². The molecule has 0 fully saturated rings. The fourth-order valence-corrected chi connectivity index (χ4v) is 1.93. The minimum absolute atomic E-state index is 0.211. The van der Waals surface area contributed by atoms with E-state index in [1.54, 1.807) is 12.1 Å². The Morgan fingerprint density at radius 2 is 2.33 bits per heavy atom. The van der Waals surface area contributed by atoms with Gasteiger partial charge < -0.3 is 15.5 Å². The molecule has 1 atom stereocenters. The Morgan fingerprint density at radius 1 is 1.60 bits per heavy atom. The minimum atomic E-state index is -0.780. The molecule has 1 aromatic rings. The largest absolute Gasteiger partial charge is 0.394 e. The van der Waals surface area contributed by atoms with E-state index in [1.807, 2.05) is 0 Å². The van der Waals surface area contributed by atoms with Crippen LogP contribution in [0.5, 0.6) is 0 Å². The van der Waals surface area contributed by atoms with Gasteiger partial charge in [-0.1, -0.05) is 11.6 Å². The second-order valence-electron chi connectivity index (χ2n) is 2.98. The summed E-state index contributed by atoms with van der Waals surface area (Å²) in [6, 6.07) is 3.30. The Labute approximate surface area is 96.5 Å². The Hall–Kier alpha value is -0.620. The molecule has 0 unspecified atom stereocenters. The van der Waals surface area contributed by atoms with E-state index in [9.17, 15) is 4.79 Å². The molecule has 0 radical (unpaired) electrons. The highest BCUT2D eigenvalue weighted by Crippen LogP contribution is 2.20. The number of aliphatic hydroxyl groups is 2. The molecule has 6 heteroatoms. The molecule has 3 N–H and O–H groups in total. The molecule has 1 heterocycles. The fraction of sp³-hybridized carbons (Fsp3) is 0.444. The average Bonchev–Trinajstić information content (AvgIpc) is 2.64. The van der Waals surface area contributed by atoms with Crippen molar-refractivity contribution in [3.05, 3.63) is 21.3 Å². The number of amides is 1. The smallest absolute Gasteiger partial charge is 0.261 e. The number of hydrogen-bond acceptors (Lipinski definition) is 4. The summed E-state index contributed by atoms with van der Waals surface area (Å²) in [5.74, 6) is -0.211. The summed E-state index contributed by atoms with van der Waals surface area (Å²) in [4.78, 5) is 12.0. The van der Waals surface area contributed by atoms with Gasteiger partial charge in [-0.05, 0) is 18.6 Å². The van der Waals surface area contributed by atoms with Crippen molar-refractivity contribution in [3.8, 4) is 0 Å². The number of aliphatic hydroxyl groups excluding tert-OH is 2. The summed E-state index contributed by atoms with van der Waals surface area (Å²) in [6.45, 7) is 0.0385. The first-order valence-corrected chi connectivity index (χ1v) is 5.65. The van der Waals surface area contributed by atoms with E-state index in [0.717, 1.165) is 0 Å². The van der Waals surface area contributed by atoms with Crippen molar-refractivity contribution in [1.82, 2.24) is 5.32 Å². The molecule has 1 amide bonds. The van der Waals surface area contributed by atoms with Gasteiger partial charge in [0.05, 0.1) is 21.9 Å². The molecule has 1 rings (SSSR count). The van der Waals surface area contributed by atoms with Crippen molar-refractivity contribution in [3.63, 3.8) is 0 Å². The van der Waals surface area contributed by atoms with Crippen LogP contribution >= 0.6 is 22.9 Å². The molecule has 0 saturated carbocycles. The van der Waals surface area contributed by atoms with Gasteiger partial charge >= 0.3 is 0 Å². The highest BCUT2D eigenvalue weighted by Gasteiger charge is 2.08. The van der Waals surface area contributed by atoms with Crippen molar-refractivity contribution in [1.29, 1.82) is 0 Å². The third-order valence-corrected chi connectivity index (χ3v) is 3.00. The minimum Gasteiger partial charge on any atom is -0.394 e. The van der Waals surface area contributed by atoms with E-state index >= 15 is 0 Å². The average molecular weight is 250 g/mol. The number of carbonyl (C=O) groups is 1. The molecule has 0 bridgehead atoms. The predicted octanol–water partition coefficient (Wildman–Crippen LogP) is 0.875. The molecule has 0 aromatic carbocycles. The Balaban J connectivity index is 2.31. The molecule has 0 aliphatic rings. The van der Waals surface area contributed by atoms with Gasteiger partial charge in [0.1, 0.15) is 0 Å². The van der Waals surface area contributed by atoms with Gasteiger partial charge in [-0.2, -0.15) is 0 Å². The van der Waals surface area contributed by atoms with Gasteiger partial charge in [0.25, 0.3) is 5.91 Å². The molecular weight excluding hydrogens is 238 g/mol. The summed E-state index contributed by atoms with van der Waals surface area (Å²) in [7, 11) is 0. The lowest BCUT2D eigenvalue weighted by Crippen LogP contribution is -2.27. The van der Waals surface area contributed by atoms with Gasteiger partial charge in [0.2, 0.25) is 0 Å². The third-order valence-electron chi connectivity index (χ3n) is 1.77. The van der Waals surface area contributed by atoms with E-state index in [2.05, 4.69) is 5.32 Å². The van der Waals surface area contributed by atoms with Crippen LogP contribution in [0.1, 0.15) is 16.1 Å². The van der Waals surface area contributed by atoms with Crippen molar-refractivity contribution < 1.29 is 15.0 Å². The second kappa shape index (κ2) is 6.07. The number of halogens is 1. The zero-order valence-corrected chi connectivity index (χ0v) is 9.51. The van der Waals surface area contributed by atoms with Gasteiger partial charge in [0, 0.05) is 6.54 Å². The van der Waals surface area contributed by atoms with E-state index in [1.165, 1.54) is 11.3 Å². The molecule has 0 aliphatic heterocycles. The molecule has 0 aliphatic carbocycles. The fourth-order valence-electron chi connectivity index (χ4n) is 0.967. The SMILES string of the molecule is O=C(NCC[C@H](O)CO)c1ccc(Cl)s1.